The van der Waals surface area contributed by atoms with Gasteiger partial charge in [0.15, 0.2) is 0 Å². The van der Waals surface area contributed by atoms with E-state index in [9.17, 15) is 14.4 Å². The summed E-state index contributed by atoms with van der Waals surface area (Å²) in [5.41, 5.74) is 4.56. The second-order valence-electron chi connectivity index (χ2n) is 1.60. The van der Waals surface area contributed by atoms with Crippen LogP contribution in [-0.4, -0.2) is 17.7 Å². The van der Waals surface area contributed by atoms with Gasteiger partial charge in [0.1, 0.15) is 0 Å². The molecule has 5 nitrogen and oxygen atoms in total. The second kappa shape index (κ2) is 3.60. The number of amides is 3. The normalized spacial score (nSPS) is 8.50. The highest BCUT2D eigenvalue weighted by Gasteiger charge is 2.11. The second-order valence-corrected chi connectivity index (χ2v) is 1.60. The summed E-state index contributed by atoms with van der Waals surface area (Å²) >= 11 is 0. The first-order chi connectivity index (χ1) is 4.57. The number of hydrogen-bond donors (Lipinski definition) is 2. The van der Waals surface area contributed by atoms with Gasteiger partial charge in [-0.15, -0.1) is 0 Å². The highest BCUT2D eigenvalue weighted by atomic mass is 16.2. The van der Waals surface area contributed by atoms with Gasteiger partial charge in [-0.3, -0.25) is 14.9 Å². The van der Waals surface area contributed by atoms with Crippen LogP contribution in [0.2, 0.25) is 0 Å². The van der Waals surface area contributed by atoms with E-state index in [1.54, 1.807) is 5.32 Å². The smallest absolute Gasteiger partial charge is 0.319 e. The summed E-state index contributed by atoms with van der Waals surface area (Å²) in [6, 6.07) is -1.01. The Morgan fingerprint density at radius 2 is 1.90 bits per heavy atom. The minimum atomic E-state index is -1.01. The fourth-order valence-electron chi connectivity index (χ4n) is 0.342. The molecule has 0 aliphatic rings. The van der Waals surface area contributed by atoms with Crippen LogP contribution in [0.1, 0.15) is 13.3 Å². The van der Waals surface area contributed by atoms with Gasteiger partial charge in [0.25, 0.3) is 5.91 Å². The van der Waals surface area contributed by atoms with Crippen molar-refractivity contribution in [1.82, 2.24) is 5.32 Å². The predicted octanol–water partition coefficient (Wildman–Crippen LogP) is -0.840. The minimum absolute atomic E-state index is 0.0686. The molecule has 10 heavy (non-hydrogen) atoms. The maximum Gasteiger partial charge on any atom is 0.319 e. The monoisotopic (exact) mass is 144 g/mol. The number of carbonyl (C=O) groups is 3. The molecule has 3 amide bonds. The summed E-state index contributed by atoms with van der Waals surface area (Å²) in [6.45, 7) is 1.52. The number of rotatable bonds is 2. The number of nitrogens with two attached hydrogens (primary N) is 1. The molecular weight excluding hydrogens is 136 g/mol. The average molecular weight is 144 g/mol. The van der Waals surface area contributed by atoms with Gasteiger partial charge >= 0.3 is 6.03 Å². The number of carbonyl (C=O) groups excluding carboxylic acids is 3. The molecule has 0 saturated heterocycles. The highest BCUT2D eigenvalue weighted by Crippen LogP contribution is 1.78. The van der Waals surface area contributed by atoms with Crippen molar-refractivity contribution in [3.05, 3.63) is 0 Å². The summed E-state index contributed by atoms with van der Waals surface area (Å²) in [5, 5.41) is 1.64. The van der Waals surface area contributed by atoms with E-state index in [1.165, 1.54) is 6.92 Å². The van der Waals surface area contributed by atoms with Crippen LogP contribution < -0.4 is 11.1 Å². The summed E-state index contributed by atoms with van der Waals surface area (Å²) in [4.78, 5) is 30.8. The first-order valence-electron chi connectivity index (χ1n) is 2.71. The first-order valence-corrected chi connectivity index (χ1v) is 2.71. The molecular formula is C5H8N2O3. The standard InChI is InChI=1S/C5H8N2O3/c1-2-3(8)4(9)7-5(6)10/h2H2,1H3,(H3,6,7,9,10). The van der Waals surface area contributed by atoms with Gasteiger partial charge in [-0.2, -0.15) is 0 Å². The molecule has 0 aromatic carbocycles. The van der Waals surface area contributed by atoms with Gasteiger partial charge in [0.05, 0.1) is 0 Å². The van der Waals surface area contributed by atoms with Crippen molar-refractivity contribution in [1.29, 1.82) is 0 Å². The molecule has 0 radical (unpaired) electrons. The van der Waals surface area contributed by atoms with E-state index >= 15 is 0 Å². The Balaban J connectivity index is 3.86. The molecule has 0 saturated carbocycles. The lowest BCUT2D eigenvalue weighted by molar-refractivity contribution is -0.137. The zero-order valence-corrected chi connectivity index (χ0v) is 5.51. The Morgan fingerprint density at radius 1 is 1.40 bits per heavy atom. The number of nitrogens with one attached hydrogen (secondary N) is 1. The van der Waals surface area contributed by atoms with Crippen LogP contribution in [0.15, 0.2) is 0 Å². The van der Waals surface area contributed by atoms with Gasteiger partial charge in [-0.1, -0.05) is 6.92 Å². The number of imide groups is 1. The fourth-order valence-corrected chi connectivity index (χ4v) is 0.342. The average Bonchev–Trinajstić information content (AvgIpc) is 1.85. The highest BCUT2D eigenvalue weighted by molar-refractivity contribution is 6.38. The molecule has 0 aromatic heterocycles. The Kier molecular flexibility index (Phi) is 3.10. The molecule has 0 aliphatic heterocycles. The van der Waals surface area contributed by atoms with Crippen molar-refractivity contribution < 1.29 is 14.4 Å². The quantitative estimate of drug-likeness (QED) is 0.495. The van der Waals surface area contributed by atoms with Gasteiger partial charge in [0, 0.05) is 6.42 Å². The van der Waals surface area contributed by atoms with Gasteiger partial charge < -0.3 is 5.73 Å². The molecule has 0 spiro atoms. The SMILES string of the molecule is CCC(=O)C(=O)NC(N)=O. The number of ketones is 1. The number of urea groups is 1. The Bertz CT molecular complexity index is 176. The molecule has 3 N–H and O–H groups in total. The first kappa shape index (κ1) is 8.61. The van der Waals surface area contributed by atoms with Crippen molar-refractivity contribution in [3.8, 4) is 0 Å². The van der Waals surface area contributed by atoms with Gasteiger partial charge in [-0.05, 0) is 0 Å². The lowest BCUT2D eigenvalue weighted by atomic mass is 10.3. The summed E-state index contributed by atoms with van der Waals surface area (Å²) in [6.07, 6.45) is 0.0686. The van der Waals surface area contributed by atoms with Crippen molar-refractivity contribution in [3.63, 3.8) is 0 Å². The van der Waals surface area contributed by atoms with Crippen LogP contribution in [0.4, 0.5) is 4.79 Å². The molecule has 0 aliphatic carbocycles. The van der Waals surface area contributed by atoms with E-state index in [-0.39, 0.29) is 6.42 Å². The topological polar surface area (TPSA) is 89.3 Å². The maximum absolute atomic E-state index is 10.4. The molecule has 0 bridgehead atoms. The molecule has 0 unspecified atom stereocenters. The van der Waals surface area contributed by atoms with Gasteiger partial charge in [-0.25, -0.2) is 4.79 Å². The largest absolute Gasteiger partial charge is 0.351 e. The van der Waals surface area contributed by atoms with Crippen LogP contribution >= 0.6 is 0 Å². The third kappa shape index (κ3) is 2.81. The van der Waals surface area contributed by atoms with E-state index in [2.05, 4.69) is 5.73 Å². The van der Waals surface area contributed by atoms with E-state index in [0.29, 0.717) is 0 Å². The van der Waals surface area contributed by atoms with Gasteiger partial charge in [0.2, 0.25) is 5.78 Å². The lowest BCUT2D eigenvalue weighted by Gasteiger charge is -1.94. The van der Waals surface area contributed by atoms with Crippen LogP contribution in [0.5, 0.6) is 0 Å². The fraction of sp³-hybridized carbons (Fsp3) is 0.400. The summed E-state index contributed by atoms with van der Waals surface area (Å²) < 4.78 is 0. The van der Waals surface area contributed by atoms with E-state index < -0.39 is 17.7 Å². The van der Waals surface area contributed by atoms with E-state index in [4.69, 9.17) is 0 Å². The zero-order valence-electron chi connectivity index (χ0n) is 5.51. The van der Waals surface area contributed by atoms with Crippen LogP contribution in [-0.2, 0) is 9.59 Å². The number of Topliss-reactive ketones (excluding diaryl/α,β-unsaturated/α-hetero) is 1. The predicted molar refractivity (Wildman–Crippen MR) is 33.0 cm³/mol. The van der Waals surface area contributed by atoms with E-state index in [1.807, 2.05) is 0 Å². The van der Waals surface area contributed by atoms with Crippen molar-refractivity contribution in [2.75, 3.05) is 0 Å². The molecule has 56 valence electrons. The van der Waals surface area contributed by atoms with Crippen LogP contribution in [0, 0.1) is 0 Å². The molecule has 0 atom stereocenters. The Labute approximate surface area is 57.6 Å². The lowest BCUT2D eigenvalue weighted by Crippen LogP contribution is -2.39. The van der Waals surface area contributed by atoms with Crippen LogP contribution in [0.3, 0.4) is 0 Å². The van der Waals surface area contributed by atoms with E-state index in [0.717, 1.165) is 0 Å². The molecule has 0 heterocycles. The molecule has 0 aromatic rings. The zero-order chi connectivity index (χ0) is 8.15. The summed E-state index contributed by atoms with van der Waals surface area (Å²) in [7, 11) is 0. The van der Waals surface area contributed by atoms with Crippen molar-refractivity contribution in [2.24, 2.45) is 5.73 Å². The van der Waals surface area contributed by atoms with Crippen molar-refractivity contribution in [2.45, 2.75) is 13.3 Å². The number of hydrogen-bond acceptors (Lipinski definition) is 3. The molecule has 0 rings (SSSR count). The van der Waals surface area contributed by atoms with Crippen LogP contribution in [0.25, 0.3) is 0 Å². The molecule has 5 heteroatoms. The third-order valence-electron chi connectivity index (χ3n) is 0.811. The minimum Gasteiger partial charge on any atom is -0.351 e. The molecule has 0 fully saturated rings. The Hall–Kier alpha value is -1.39. The Morgan fingerprint density at radius 3 is 2.20 bits per heavy atom. The summed E-state index contributed by atoms with van der Waals surface area (Å²) in [5.74, 6) is -1.60. The number of primary amides is 1. The van der Waals surface area contributed by atoms with Crippen molar-refractivity contribution >= 4 is 17.7 Å². The third-order valence-corrected chi connectivity index (χ3v) is 0.811. The maximum atomic E-state index is 10.4.